The van der Waals surface area contributed by atoms with E-state index in [-0.39, 0.29) is 11.6 Å². The third kappa shape index (κ3) is 3.61. The zero-order chi connectivity index (χ0) is 14.0. The van der Waals surface area contributed by atoms with E-state index in [1.165, 1.54) is 24.3 Å². The Morgan fingerprint density at radius 3 is 2.37 bits per heavy atom. The summed E-state index contributed by atoms with van der Waals surface area (Å²) in [7, 11) is 0. The fourth-order valence-electron chi connectivity index (χ4n) is 1.77. The van der Waals surface area contributed by atoms with Crippen molar-refractivity contribution in [1.29, 1.82) is 0 Å². The quantitative estimate of drug-likeness (QED) is 0.799. The summed E-state index contributed by atoms with van der Waals surface area (Å²) in [4.78, 5) is 0. The summed E-state index contributed by atoms with van der Waals surface area (Å²) in [6.07, 6.45) is -0.462. The number of hydrogen-bond donors (Lipinski definition) is 1. The van der Waals surface area contributed by atoms with Gasteiger partial charge in [0.2, 0.25) is 0 Å². The molecule has 1 unspecified atom stereocenters. The highest BCUT2D eigenvalue weighted by atomic mass is 79.9. The molecule has 0 aliphatic rings. The van der Waals surface area contributed by atoms with Crippen LogP contribution in [-0.4, -0.2) is 5.11 Å². The van der Waals surface area contributed by atoms with Gasteiger partial charge in [0.1, 0.15) is 11.6 Å². The van der Waals surface area contributed by atoms with Crippen molar-refractivity contribution < 1.29 is 13.9 Å². The summed E-state index contributed by atoms with van der Waals surface area (Å²) in [5.74, 6) is -0.714. The van der Waals surface area contributed by atoms with Crippen LogP contribution in [0.4, 0.5) is 8.78 Å². The fourth-order valence-corrected chi connectivity index (χ4v) is 2.81. The summed E-state index contributed by atoms with van der Waals surface area (Å²) in [6.45, 7) is 0. The number of aliphatic hydroxyl groups is 1. The molecule has 100 valence electrons. The maximum atomic E-state index is 13.1. The molecule has 0 spiro atoms. The second-order valence-corrected chi connectivity index (χ2v) is 5.84. The van der Waals surface area contributed by atoms with Gasteiger partial charge in [0.25, 0.3) is 0 Å². The lowest BCUT2D eigenvalue weighted by Gasteiger charge is -2.13. The van der Waals surface area contributed by atoms with Crippen molar-refractivity contribution in [3.8, 4) is 0 Å². The average Bonchev–Trinajstić information content (AvgIpc) is 2.33. The van der Waals surface area contributed by atoms with Gasteiger partial charge in [-0.15, -0.1) is 0 Å². The SMILES string of the molecule is OC(Cc1ccc(F)c(Br)c1)c1ccc(F)cc1Br. The molecule has 0 aliphatic heterocycles. The Bertz CT molecular complexity index is 602. The van der Waals surface area contributed by atoms with E-state index in [2.05, 4.69) is 31.9 Å². The molecule has 0 heterocycles. The average molecular weight is 392 g/mol. The highest BCUT2D eigenvalue weighted by molar-refractivity contribution is 9.10. The fraction of sp³-hybridized carbons (Fsp3) is 0.143. The van der Waals surface area contributed by atoms with Crippen LogP contribution in [0.2, 0.25) is 0 Å². The monoisotopic (exact) mass is 390 g/mol. The topological polar surface area (TPSA) is 20.2 Å². The Hall–Kier alpha value is -0.780. The predicted molar refractivity (Wildman–Crippen MR) is 76.9 cm³/mol. The van der Waals surface area contributed by atoms with E-state index in [0.717, 1.165) is 5.56 Å². The Morgan fingerprint density at radius 1 is 1.00 bits per heavy atom. The van der Waals surface area contributed by atoms with Crippen LogP contribution in [0.25, 0.3) is 0 Å². The predicted octanol–water partition coefficient (Wildman–Crippen LogP) is 4.77. The molecule has 1 atom stereocenters. The molecule has 0 saturated heterocycles. The third-order valence-corrected chi connectivity index (χ3v) is 4.03. The van der Waals surface area contributed by atoms with Gasteiger partial charge in [-0.1, -0.05) is 28.1 Å². The first-order valence-electron chi connectivity index (χ1n) is 5.54. The smallest absolute Gasteiger partial charge is 0.137 e. The Labute approximate surface area is 126 Å². The van der Waals surface area contributed by atoms with Gasteiger partial charge in [0.15, 0.2) is 0 Å². The number of rotatable bonds is 3. The van der Waals surface area contributed by atoms with Crippen molar-refractivity contribution in [3.05, 3.63) is 68.1 Å². The molecule has 0 aromatic heterocycles. The van der Waals surface area contributed by atoms with E-state index < -0.39 is 6.10 Å². The third-order valence-electron chi connectivity index (χ3n) is 2.73. The Morgan fingerprint density at radius 2 is 1.74 bits per heavy atom. The van der Waals surface area contributed by atoms with Gasteiger partial charge in [0, 0.05) is 10.9 Å². The van der Waals surface area contributed by atoms with Crippen molar-refractivity contribution in [2.24, 2.45) is 0 Å². The van der Waals surface area contributed by atoms with E-state index in [4.69, 9.17) is 0 Å². The zero-order valence-electron chi connectivity index (χ0n) is 9.71. The molecule has 1 nitrogen and oxygen atoms in total. The van der Waals surface area contributed by atoms with Gasteiger partial charge in [-0.2, -0.15) is 0 Å². The minimum absolute atomic E-state index is 0.323. The number of aliphatic hydroxyl groups excluding tert-OH is 1. The molecule has 0 saturated carbocycles. The molecule has 0 amide bonds. The van der Waals surface area contributed by atoms with Crippen molar-refractivity contribution in [1.82, 2.24) is 0 Å². The Balaban J connectivity index is 2.20. The second-order valence-electron chi connectivity index (χ2n) is 4.13. The summed E-state index contributed by atoms with van der Waals surface area (Å²) >= 11 is 6.32. The number of hydrogen-bond acceptors (Lipinski definition) is 1. The van der Waals surface area contributed by atoms with E-state index in [1.807, 2.05) is 0 Å². The standard InChI is InChI=1S/C14H10Br2F2O/c15-11-7-9(17)2-3-10(11)14(19)6-8-1-4-13(18)12(16)5-8/h1-5,7,14,19H,6H2. The number of benzene rings is 2. The van der Waals surface area contributed by atoms with Crippen LogP contribution in [0.3, 0.4) is 0 Å². The van der Waals surface area contributed by atoms with E-state index in [9.17, 15) is 13.9 Å². The molecular weight excluding hydrogens is 382 g/mol. The van der Waals surface area contributed by atoms with E-state index in [1.54, 1.807) is 12.1 Å². The van der Waals surface area contributed by atoms with Crippen LogP contribution in [-0.2, 0) is 6.42 Å². The lowest BCUT2D eigenvalue weighted by molar-refractivity contribution is 0.177. The molecule has 2 rings (SSSR count). The van der Waals surface area contributed by atoms with Gasteiger partial charge < -0.3 is 5.11 Å². The largest absolute Gasteiger partial charge is 0.388 e. The summed E-state index contributed by atoms with van der Waals surface area (Å²) < 4.78 is 27.0. The molecule has 19 heavy (non-hydrogen) atoms. The maximum Gasteiger partial charge on any atom is 0.137 e. The van der Waals surface area contributed by atoms with Crippen molar-refractivity contribution in [2.75, 3.05) is 0 Å². The normalized spacial score (nSPS) is 12.5. The van der Waals surface area contributed by atoms with Crippen molar-refractivity contribution in [2.45, 2.75) is 12.5 Å². The van der Waals surface area contributed by atoms with E-state index in [0.29, 0.717) is 20.9 Å². The van der Waals surface area contributed by atoms with Gasteiger partial charge in [-0.05, 0) is 51.3 Å². The minimum atomic E-state index is -0.785. The van der Waals surface area contributed by atoms with Gasteiger partial charge in [-0.25, -0.2) is 8.78 Å². The first-order chi connectivity index (χ1) is 8.97. The molecule has 0 bridgehead atoms. The number of halogens is 4. The van der Waals surface area contributed by atoms with Gasteiger partial charge in [-0.3, -0.25) is 0 Å². The first kappa shape index (κ1) is 14.6. The zero-order valence-corrected chi connectivity index (χ0v) is 12.9. The molecule has 5 heteroatoms. The van der Waals surface area contributed by atoms with Crippen LogP contribution >= 0.6 is 31.9 Å². The summed E-state index contributed by atoms with van der Waals surface area (Å²) in [5, 5.41) is 10.1. The highest BCUT2D eigenvalue weighted by Gasteiger charge is 2.13. The molecule has 2 aromatic rings. The first-order valence-corrected chi connectivity index (χ1v) is 7.13. The molecule has 2 aromatic carbocycles. The maximum absolute atomic E-state index is 13.1. The van der Waals surface area contributed by atoms with Crippen LogP contribution in [0.5, 0.6) is 0 Å². The molecule has 1 N–H and O–H groups in total. The van der Waals surface area contributed by atoms with Crippen molar-refractivity contribution >= 4 is 31.9 Å². The van der Waals surface area contributed by atoms with Crippen LogP contribution in [0.15, 0.2) is 45.3 Å². The molecule has 0 radical (unpaired) electrons. The second kappa shape index (κ2) is 6.11. The van der Waals surface area contributed by atoms with Gasteiger partial charge >= 0.3 is 0 Å². The highest BCUT2D eigenvalue weighted by Crippen LogP contribution is 2.28. The minimum Gasteiger partial charge on any atom is -0.388 e. The lowest BCUT2D eigenvalue weighted by Crippen LogP contribution is -2.03. The van der Waals surface area contributed by atoms with Gasteiger partial charge in [0.05, 0.1) is 10.6 Å². The molecule has 0 aliphatic carbocycles. The summed E-state index contributed by atoms with van der Waals surface area (Å²) in [5.41, 5.74) is 1.39. The summed E-state index contributed by atoms with van der Waals surface area (Å²) in [6, 6.07) is 8.70. The molecular formula is C14H10Br2F2O. The van der Waals surface area contributed by atoms with Crippen LogP contribution in [0, 0.1) is 11.6 Å². The molecule has 0 fully saturated rings. The van der Waals surface area contributed by atoms with Crippen molar-refractivity contribution in [3.63, 3.8) is 0 Å². The van der Waals surface area contributed by atoms with E-state index >= 15 is 0 Å². The van der Waals surface area contributed by atoms with Crippen LogP contribution < -0.4 is 0 Å². The van der Waals surface area contributed by atoms with Crippen LogP contribution in [0.1, 0.15) is 17.2 Å². The Kier molecular flexibility index (Phi) is 4.71. The lowest BCUT2D eigenvalue weighted by atomic mass is 10.0.